The Morgan fingerprint density at radius 1 is 1.30 bits per heavy atom. The van der Waals surface area contributed by atoms with Crippen LogP contribution in [-0.2, 0) is 0 Å². The van der Waals surface area contributed by atoms with E-state index < -0.39 is 0 Å². The Morgan fingerprint density at radius 2 is 2.10 bits per heavy atom. The molecule has 1 fully saturated rings. The standard InChI is InChI=1S/C15H15N3O2/c1-11-8-13(5-6-15(11)18(19)20)17-9-12(10-17)14-4-2-3-7-16-14/h2-8,12H,9-10H2,1H3. The molecule has 0 atom stereocenters. The minimum absolute atomic E-state index is 0.176. The van der Waals surface area contributed by atoms with Gasteiger partial charge < -0.3 is 4.90 Å². The van der Waals surface area contributed by atoms with Gasteiger partial charge in [-0.3, -0.25) is 15.1 Å². The van der Waals surface area contributed by atoms with Crippen molar-refractivity contribution in [3.05, 3.63) is 64.0 Å². The molecular weight excluding hydrogens is 254 g/mol. The molecule has 20 heavy (non-hydrogen) atoms. The van der Waals surface area contributed by atoms with E-state index in [-0.39, 0.29) is 10.6 Å². The third-order valence-electron chi connectivity index (χ3n) is 3.73. The maximum Gasteiger partial charge on any atom is 0.272 e. The summed E-state index contributed by atoms with van der Waals surface area (Å²) in [5.74, 6) is 0.451. The smallest absolute Gasteiger partial charge is 0.272 e. The van der Waals surface area contributed by atoms with Crippen LogP contribution in [0.5, 0.6) is 0 Å². The molecule has 1 aliphatic heterocycles. The first-order chi connectivity index (χ1) is 9.65. The molecule has 5 nitrogen and oxygen atoms in total. The number of hydrogen-bond acceptors (Lipinski definition) is 4. The molecule has 1 saturated heterocycles. The van der Waals surface area contributed by atoms with Gasteiger partial charge in [0.2, 0.25) is 0 Å². The van der Waals surface area contributed by atoms with Crippen molar-refractivity contribution in [3.63, 3.8) is 0 Å². The van der Waals surface area contributed by atoms with Gasteiger partial charge in [0.1, 0.15) is 0 Å². The molecule has 0 saturated carbocycles. The number of aromatic nitrogens is 1. The Hall–Kier alpha value is -2.43. The lowest BCUT2D eigenvalue weighted by Gasteiger charge is -2.40. The maximum absolute atomic E-state index is 10.8. The van der Waals surface area contributed by atoms with Gasteiger partial charge >= 0.3 is 0 Å². The molecule has 0 radical (unpaired) electrons. The van der Waals surface area contributed by atoms with E-state index in [9.17, 15) is 10.1 Å². The molecule has 102 valence electrons. The van der Waals surface area contributed by atoms with E-state index >= 15 is 0 Å². The van der Waals surface area contributed by atoms with Crippen molar-refractivity contribution in [1.29, 1.82) is 0 Å². The molecule has 1 aromatic heterocycles. The average molecular weight is 269 g/mol. The van der Waals surface area contributed by atoms with Crippen molar-refractivity contribution in [2.24, 2.45) is 0 Å². The van der Waals surface area contributed by atoms with Gasteiger partial charge in [-0.1, -0.05) is 6.07 Å². The molecule has 0 unspecified atom stereocenters. The van der Waals surface area contributed by atoms with E-state index in [0.29, 0.717) is 11.5 Å². The summed E-state index contributed by atoms with van der Waals surface area (Å²) in [6, 6.07) is 11.2. The van der Waals surface area contributed by atoms with Crippen LogP contribution in [0.4, 0.5) is 11.4 Å². The van der Waals surface area contributed by atoms with E-state index in [4.69, 9.17) is 0 Å². The Morgan fingerprint density at radius 3 is 2.70 bits per heavy atom. The van der Waals surface area contributed by atoms with Gasteiger partial charge in [-0.05, 0) is 31.2 Å². The second kappa shape index (κ2) is 4.92. The quantitative estimate of drug-likeness (QED) is 0.635. The fourth-order valence-corrected chi connectivity index (χ4v) is 2.54. The lowest BCUT2D eigenvalue weighted by Crippen LogP contribution is -2.45. The zero-order valence-corrected chi connectivity index (χ0v) is 11.2. The highest BCUT2D eigenvalue weighted by atomic mass is 16.6. The number of anilines is 1. The second-order valence-electron chi connectivity index (χ2n) is 5.08. The fraction of sp³-hybridized carbons (Fsp3) is 0.267. The first-order valence-electron chi connectivity index (χ1n) is 6.56. The highest BCUT2D eigenvalue weighted by Gasteiger charge is 2.29. The number of aryl methyl sites for hydroxylation is 1. The summed E-state index contributed by atoms with van der Waals surface area (Å²) in [4.78, 5) is 17.1. The van der Waals surface area contributed by atoms with E-state index in [1.54, 1.807) is 13.0 Å². The summed E-state index contributed by atoms with van der Waals surface area (Å²) in [7, 11) is 0. The Bertz CT molecular complexity index is 637. The summed E-state index contributed by atoms with van der Waals surface area (Å²) < 4.78 is 0. The number of nitro groups is 1. The molecule has 2 heterocycles. The van der Waals surface area contributed by atoms with E-state index in [0.717, 1.165) is 24.5 Å². The molecule has 0 aliphatic carbocycles. The number of nitrogens with zero attached hydrogens (tertiary/aromatic N) is 3. The molecular formula is C15H15N3O2. The van der Waals surface area contributed by atoms with Gasteiger partial charge in [0, 0.05) is 48.2 Å². The fourth-order valence-electron chi connectivity index (χ4n) is 2.54. The topological polar surface area (TPSA) is 59.3 Å². The molecule has 2 aromatic rings. The molecule has 1 aliphatic rings. The van der Waals surface area contributed by atoms with Gasteiger partial charge in [-0.15, -0.1) is 0 Å². The number of benzene rings is 1. The lowest BCUT2D eigenvalue weighted by atomic mass is 9.94. The number of nitro benzene ring substituents is 1. The summed E-state index contributed by atoms with van der Waals surface area (Å²) in [5.41, 5.74) is 3.03. The van der Waals surface area contributed by atoms with E-state index in [2.05, 4.69) is 9.88 Å². The largest absolute Gasteiger partial charge is 0.370 e. The zero-order valence-electron chi connectivity index (χ0n) is 11.2. The van der Waals surface area contributed by atoms with Crippen molar-refractivity contribution >= 4 is 11.4 Å². The van der Waals surface area contributed by atoms with Crippen molar-refractivity contribution < 1.29 is 4.92 Å². The predicted molar refractivity (Wildman–Crippen MR) is 77.0 cm³/mol. The van der Waals surface area contributed by atoms with Crippen LogP contribution in [0, 0.1) is 17.0 Å². The van der Waals surface area contributed by atoms with Gasteiger partial charge in [0.15, 0.2) is 0 Å². The molecule has 0 spiro atoms. The van der Waals surface area contributed by atoms with Gasteiger partial charge in [0.05, 0.1) is 4.92 Å². The van der Waals surface area contributed by atoms with Crippen LogP contribution >= 0.6 is 0 Å². The van der Waals surface area contributed by atoms with Crippen LogP contribution in [0.15, 0.2) is 42.6 Å². The molecule has 0 N–H and O–H groups in total. The average Bonchev–Trinajstić information content (AvgIpc) is 2.38. The molecule has 1 aromatic carbocycles. The third kappa shape index (κ3) is 2.22. The number of rotatable bonds is 3. The minimum atomic E-state index is -0.341. The minimum Gasteiger partial charge on any atom is -0.370 e. The number of pyridine rings is 1. The first kappa shape index (κ1) is 12.6. The monoisotopic (exact) mass is 269 g/mol. The second-order valence-corrected chi connectivity index (χ2v) is 5.08. The van der Waals surface area contributed by atoms with Crippen LogP contribution in [0.2, 0.25) is 0 Å². The van der Waals surface area contributed by atoms with Crippen LogP contribution in [-0.4, -0.2) is 23.0 Å². The van der Waals surface area contributed by atoms with Crippen LogP contribution in [0.3, 0.4) is 0 Å². The lowest BCUT2D eigenvalue weighted by molar-refractivity contribution is -0.385. The van der Waals surface area contributed by atoms with Crippen molar-refractivity contribution in [2.45, 2.75) is 12.8 Å². The van der Waals surface area contributed by atoms with E-state index in [1.165, 1.54) is 0 Å². The summed E-state index contributed by atoms with van der Waals surface area (Å²) in [6.45, 7) is 3.60. The van der Waals surface area contributed by atoms with Crippen molar-refractivity contribution in [2.75, 3.05) is 18.0 Å². The third-order valence-corrected chi connectivity index (χ3v) is 3.73. The highest BCUT2D eigenvalue weighted by Crippen LogP contribution is 2.32. The van der Waals surface area contributed by atoms with Crippen LogP contribution in [0.25, 0.3) is 0 Å². The summed E-state index contributed by atoms with van der Waals surface area (Å²) in [5, 5.41) is 10.8. The van der Waals surface area contributed by atoms with Crippen LogP contribution in [0.1, 0.15) is 17.2 Å². The molecule has 0 amide bonds. The first-order valence-corrected chi connectivity index (χ1v) is 6.56. The maximum atomic E-state index is 10.8. The van der Waals surface area contributed by atoms with Crippen molar-refractivity contribution in [1.82, 2.24) is 4.98 Å². The van der Waals surface area contributed by atoms with Crippen LogP contribution < -0.4 is 4.90 Å². The van der Waals surface area contributed by atoms with Gasteiger partial charge in [-0.2, -0.15) is 0 Å². The Balaban J connectivity index is 1.71. The predicted octanol–water partition coefficient (Wildman–Crippen LogP) is 2.90. The van der Waals surface area contributed by atoms with Gasteiger partial charge in [0.25, 0.3) is 5.69 Å². The normalized spacial score (nSPS) is 14.9. The zero-order chi connectivity index (χ0) is 14.1. The highest BCUT2D eigenvalue weighted by molar-refractivity contribution is 5.57. The SMILES string of the molecule is Cc1cc(N2CC(c3ccccn3)C2)ccc1[N+](=O)[O-]. The molecule has 0 bridgehead atoms. The number of hydrogen-bond donors (Lipinski definition) is 0. The molecule has 5 heteroatoms. The summed E-state index contributed by atoms with van der Waals surface area (Å²) >= 11 is 0. The Kier molecular flexibility index (Phi) is 3.10. The van der Waals surface area contributed by atoms with Crippen molar-refractivity contribution in [3.8, 4) is 0 Å². The van der Waals surface area contributed by atoms with E-state index in [1.807, 2.05) is 36.5 Å². The van der Waals surface area contributed by atoms with Gasteiger partial charge in [-0.25, -0.2) is 0 Å². The Labute approximate surface area is 117 Å². The molecule has 3 rings (SSSR count). The summed E-state index contributed by atoms with van der Waals surface area (Å²) in [6.07, 6.45) is 1.81.